The summed E-state index contributed by atoms with van der Waals surface area (Å²) >= 11 is 0. The highest BCUT2D eigenvalue weighted by atomic mass is 16.5. The lowest BCUT2D eigenvalue weighted by molar-refractivity contribution is 0.0950. The Morgan fingerprint density at radius 3 is 2.62 bits per heavy atom. The van der Waals surface area contributed by atoms with E-state index in [1.807, 2.05) is 50.2 Å². The number of hydrogen-bond donors (Lipinski definition) is 2. The van der Waals surface area contributed by atoms with Gasteiger partial charge in [0.2, 0.25) is 0 Å². The number of carbonyl (C=O) groups is 1. The van der Waals surface area contributed by atoms with Gasteiger partial charge in [0.25, 0.3) is 5.91 Å². The number of H-pyrrole nitrogens is 1. The molecule has 2 N–H and O–H groups in total. The van der Waals surface area contributed by atoms with Crippen LogP contribution in [0, 0.1) is 13.8 Å². The summed E-state index contributed by atoms with van der Waals surface area (Å²) in [5, 5.41) is 5.07. The molecule has 0 unspecified atom stereocenters. The van der Waals surface area contributed by atoms with E-state index in [4.69, 9.17) is 4.74 Å². The van der Waals surface area contributed by atoms with Crippen LogP contribution in [0.1, 0.15) is 27.2 Å². The molecule has 0 radical (unpaired) electrons. The number of amides is 1. The first-order chi connectivity index (χ1) is 11.6. The number of hydrogen-bond acceptors (Lipinski definition) is 3. The van der Waals surface area contributed by atoms with Crippen LogP contribution in [0.2, 0.25) is 0 Å². The maximum Gasteiger partial charge on any atom is 0.288 e. The van der Waals surface area contributed by atoms with Crippen LogP contribution in [0.4, 0.5) is 0 Å². The van der Waals surface area contributed by atoms with Crippen molar-refractivity contribution in [2.75, 3.05) is 7.11 Å². The van der Waals surface area contributed by atoms with Gasteiger partial charge >= 0.3 is 0 Å². The van der Waals surface area contributed by atoms with E-state index >= 15 is 0 Å². The summed E-state index contributed by atoms with van der Waals surface area (Å²) in [6.07, 6.45) is 1.60. The first kappa shape index (κ1) is 15.8. The average molecular weight is 321 g/mol. The fourth-order valence-electron chi connectivity index (χ4n) is 2.58. The number of methoxy groups -OCH3 is 1. The standard InChI is InChI=1S/C19H19N3O2/c1-12-4-9-17-16(10-12)13(2)18(21-17)19(23)22-20-11-14-5-7-15(24-3)8-6-14/h4-11,21H,1-3H3,(H,22,23). The Morgan fingerprint density at radius 1 is 1.17 bits per heavy atom. The Hall–Kier alpha value is -3.08. The molecular formula is C19H19N3O2. The lowest BCUT2D eigenvalue weighted by atomic mass is 10.1. The van der Waals surface area contributed by atoms with Crippen molar-refractivity contribution in [3.05, 3.63) is 64.8 Å². The van der Waals surface area contributed by atoms with Gasteiger partial charge in [-0.25, -0.2) is 5.43 Å². The summed E-state index contributed by atoms with van der Waals surface area (Å²) in [6, 6.07) is 13.5. The summed E-state index contributed by atoms with van der Waals surface area (Å²) in [5.41, 5.74) is 7.00. The number of benzene rings is 2. The molecule has 0 fully saturated rings. The molecule has 122 valence electrons. The molecule has 0 spiro atoms. The van der Waals surface area contributed by atoms with Crippen molar-refractivity contribution in [2.24, 2.45) is 5.10 Å². The monoisotopic (exact) mass is 321 g/mol. The number of ether oxygens (including phenoxy) is 1. The molecule has 3 aromatic rings. The molecule has 3 rings (SSSR count). The zero-order valence-electron chi connectivity index (χ0n) is 13.9. The van der Waals surface area contributed by atoms with Gasteiger partial charge in [0, 0.05) is 10.9 Å². The molecule has 0 aliphatic heterocycles. The topological polar surface area (TPSA) is 66.5 Å². The number of aromatic amines is 1. The number of hydrazone groups is 1. The van der Waals surface area contributed by atoms with Gasteiger partial charge in [0.1, 0.15) is 11.4 Å². The van der Waals surface area contributed by atoms with Crippen molar-refractivity contribution in [1.82, 2.24) is 10.4 Å². The highest BCUT2D eigenvalue weighted by Crippen LogP contribution is 2.22. The Morgan fingerprint density at radius 2 is 1.92 bits per heavy atom. The summed E-state index contributed by atoms with van der Waals surface area (Å²) in [4.78, 5) is 15.5. The molecule has 0 aliphatic rings. The zero-order valence-corrected chi connectivity index (χ0v) is 13.9. The average Bonchev–Trinajstić information content (AvgIpc) is 2.92. The van der Waals surface area contributed by atoms with E-state index in [2.05, 4.69) is 21.6 Å². The zero-order chi connectivity index (χ0) is 17.1. The van der Waals surface area contributed by atoms with Crippen LogP contribution in [0.25, 0.3) is 10.9 Å². The number of nitrogens with zero attached hydrogens (tertiary/aromatic N) is 1. The fraction of sp³-hybridized carbons (Fsp3) is 0.158. The number of carbonyl (C=O) groups excluding carboxylic acids is 1. The summed E-state index contributed by atoms with van der Waals surface area (Å²) in [7, 11) is 1.62. The van der Waals surface area contributed by atoms with E-state index in [0.717, 1.165) is 33.3 Å². The second-order valence-electron chi connectivity index (χ2n) is 5.65. The second kappa shape index (κ2) is 6.58. The molecule has 1 heterocycles. The molecule has 0 saturated heterocycles. The van der Waals surface area contributed by atoms with E-state index < -0.39 is 0 Å². The number of nitrogens with one attached hydrogen (secondary N) is 2. The molecule has 24 heavy (non-hydrogen) atoms. The maximum absolute atomic E-state index is 12.3. The molecule has 1 amide bonds. The van der Waals surface area contributed by atoms with Gasteiger partial charge in [-0.15, -0.1) is 0 Å². The van der Waals surface area contributed by atoms with E-state index in [1.54, 1.807) is 13.3 Å². The molecule has 0 atom stereocenters. The molecule has 2 aromatic carbocycles. The van der Waals surface area contributed by atoms with E-state index in [0.29, 0.717) is 5.69 Å². The largest absolute Gasteiger partial charge is 0.497 e. The van der Waals surface area contributed by atoms with Crippen LogP contribution in [0.5, 0.6) is 5.75 Å². The summed E-state index contributed by atoms with van der Waals surface area (Å²) < 4.78 is 5.10. The first-order valence-electron chi connectivity index (χ1n) is 7.65. The number of aromatic nitrogens is 1. The predicted octanol–water partition coefficient (Wildman–Crippen LogP) is 3.56. The smallest absolute Gasteiger partial charge is 0.288 e. The number of rotatable bonds is 4. The highest BCUT2D eigenvalue weighted by Gasteiger charge is 2.14. The minimum absolute atomic E-state index is 0.258. The Labute approximate surface area is 140 Å². The van der Waals surface area contributed by atoms with E-state index in [-0.39, 0.29) is 5.91 Å². The summed E-state index contributed by atoms with van der Waals surface area (Å²) in [6.45, 7) is 3.96. The third-order valence-electron chi connectivity index (χ3n) is 3.94. The van der Waals surface area contributed by atoms with Crippen LogP contribution in [0.3, 0.4) is 0 Å². The van der Waals surface area contributed by atoms with Crippen LogP contribution in [-0.2, 0) is 0 Å². The minimum atomic E-state index is -0.258. The SMILES string of the molecule is COc1ccc(C=NNC(=O)c2[nH]c3ccc(C)cc3c2C)cc1. The van der Waals surface area contributed by atoms with Crippen LogP contribution >= 0.6 is 0 Å². The molecule has 0 aliphatic carbocycles. The van der Waals surface area contributed by atoms with Crippen molar-refractivity contribution in [3.63, 3.8) is 0 Å². The Kier molecular flexibility index (Phi) is 4.33. The first-order valence-corrected chi connectivity index (χ1v) is 7.65. The fourth-order valence-corrected chi connectivity index (χ4v) is 2.58. The third kappa shape index (κ3) is 3.15. The van der Waals surface area contributed by atoms with Crippen molar-refractivity contribution < 1.29 is 9.53 Å². The quantitative estimate of drug-likeness (QED) is 0.570. The Balaban J connectivity index is 1.75. The molecule has 5 nitrogen and oxygen atoms in total. The van der Waals surface area contributed by atoms with Crippen LogP contribution in [-0.4, -0.2) is 24.2 Å². The molecule has 1 aromatic heterocycles. The molecule has 0 saturated carbocycles. The lowest BCUT2D eigenvalue weighted by Gasteiger charge is -2.00. The van der Waals surface area contributed by atoms with Gasteiger partial charge in [-0.3, -0.25) is 4.79 Å². The molecule has 5 heteroatoms. The predicted molar refractivity (Wildman–Crippen MR) is 95.8 cm³/mol. The van der Waals surface area contributed by atoms with Crippen molar-refractivity contribution in [1.29, 1.82) is 0 Å². The van der Waals surface area contributed by atoms with E-state index in [1.165, 1.54) is 0 Å². The molecule has 0 bridgehead atoms. The summed E-state index contributed by atoms with van der Waals surface area (Å²) in [5.74, 6) is 0.520. The van der Waals surface area contributed by atoms with Gasteiger partial charge in [-0.05, 0) is 61.4 Å². The lowest BCUT2D eigenvalue weighted by Crippen LogP contribution is -2.18. The third-order valence-corrected chi connectivity index (χ3v) is 3.94. The molecular weight excluding hydrogens is 302 g/mol. The highest BCUT2D eigenvalue weighted by molar-refractivity contribution is 6.01. The normalized spacial score (nSPS) is 11.1. The maximum atomic E-state index is 12.3. The van der Waals surface area contributed by atoms with Crippen molar-refractivity contribution in [3.8, 4) is 5.75 Å². The number of aryl methyl sites for hydroxylation is 2. The van der Waals surface area contributed by atoms with Gasteiger partial charge in [0.05, 0.1) is 13.3 Å². The van der Waals surface area contributed by atoms with Crippen molar-refractivity contribution in [2.45, 2.75) is 13.8 Å². The number of fused-ring (bicyclic) bond motifs is 1. The Bertz CT molecular complexity index is 908. The van der Waals surface area contributed by atoms with Crippen molar-refractivity contribution >= 4 is 23.0 Å². The van der Waals surface area contributed by atoms with Crippen LogP contribution in [0.15, 0.2) is 47.6 Å². The van der Waals surface area contributed by atoms with Gasteiger partial charge < -0.3 is 9.72 Å². The van der Waals surface area contributed by atoms with Gasteiger partial charge in [0.15, 0.2) is 0 Å². The van der Waals surface area contributed by atoms with Gasteiger partial charge in [-0.1, -0.05) is 11.6 Å². The second-order valence-corrected chi connectivity index (χ2v) is 5.65. The van der Waals surface area contributed by atoms with Crippen LogP contribution < -0.4 is 10.2 Å². The van der Waals surface area contributed by atoms with Gasteiger partial charge in [-0.2, -0.15) is 5.10 Å². The van der Waals surface area contributed by atoms with E-state index in [9.17, 15) is 4.79 Å². The minimum Gasteiger partial charge on any atom is -0.497 e.